The van der Waals surface area contributed by atoms with Gasteiger partial charge < -0.3 is 10.5 Å². The quantitative estimate of drug-likeness (QED) is 0.843. The van der Waals surface area contributed by atoms with E-state index < -0.39 is 0 Å². The van der Waals surface area contributed by atoms with E-state index in [4.69, 9.17) is 10.5 Å². The molecule has 2 nitrogen and oxygen atoms in total. The third kappa shape index (κ3) is 3.50. The minimum absolute atomic E-state index is 0.675. The van der Waals surface area contributed by atoms with Crippen molar-refractivity contribution in [2.24, 2.45) is 0 Å². The Bertz CT molecular complexity index is 552. The van der Waals surface area contributed by atoms with Crippen LogP contribution in [0.2, 0.25) is 0 Å². The molecule has 0 unspecified atom stereocenters. The van der Waals surface area contributed by atoms with Gasteiger partial charge >= 0.3 is 0 Å². The van der Waals surface area contributed by atoms with E-state index >= 15 is 0 Å². The predicted octanol–water partition coefficient (Wildman–Crippen LogP) is 3.82. The highest BCUT2D eigenvalue weighted by molar-refractivity contribution is 5.43. The zero-order chi connectivity index (χ0) is 13.8. The van der Waals surface area contributed by atoms with Crippen molar-refractivity contribution >= 4 is 5.69 Å². The van der Waals surface area contributed by atoms with Gasteiger partial charge in [0.1, 0.15) is 5.75 Å². The van der Waals surface area contributed by atoms with Crippen LogP contribution in [0.1, 0.15) is 22.3 Å². The van der Waals surface area contributed by atoms with Crippen LogP contribution in [-0.2, 0) is 6.42 Å². The van der Waals surface area contributed by atoms with Gasteiger partial charge in [0.25, 0.3) is 0 Å². The van der Waals surface area contributed by atoms with Crippen molar-refractivity contribution in [3.05, 3.63) is 58.7 Å². The highest BCUT2D eigenvalue weighted by Crippen LogP contribution is 2.18. The normalized spacial score (nSPS) is 10.5. The van der Waals surface area contributed by atoms with Crippen molar-refractivity contribution in [2.75, 3.05) is 12.3 Å². The minimum Gasteiger partial charge on any atom is -0.493 e. The van der Waals surface area contributed by atoms with Gasteiger partial charge in [0.05, 0.1) is 6.61 Å². The van der Waals surface area contributed by atoms with E-state index in [-0.39, 0.29) is 0 Å². The second-order valence-electron chi connectivity index (χ2n) is 5.05. The van der Waals surface area contributed by atoms with Gasteiger partial charge in [-0.1, -0.05) is 23.8 Å². The number of aryl methyl sites for hydroxylation is 3. The number of nitrogen functional groups attached to an aromatic ring is 1. The van der Waals surface area contributed by atoms with E-state index in [0.29, 0.717) is 6.61 Å². The van der Waals surface area contributed by atoms with Crippen molar-refractivity contribution in [3.63, 3.8) is 0 Å². The van der Waals surface area contributed by atoms with Crippen molar-refractivity contribution in [2.45, 2.75) is 27.2 Å². The number of rotatable bonds is 4. The number of anilines is 1. The van der Waals surface area contributed by atoms with Crippen LogP contribution in [0.25, 0.3) is 0 Å². The summed E-state index contributed by atoms with van der Waals surface area (Å²) in [6.07, 6.45) is 0.923. The number of benzene rings is 2. The van der Waals surface area contributed by atoms with Gasteiger partial charge in [-0.05, 0) is 49.6 Å². The Hall–Kier alpha value is -1.96. The van der Waals surface area contributed by atoms with E-state index in [1.54, 1.807) is 0 Å². The summed E-state index contributed by atoms with van der Waals surface area (Å²) >= 11 is 0. The molecule has 2 aromatic rings. The van der Waals surface area contributed by atoms with E-state index in [0.717, 1.165) is 17.9 Å². The van der Waals surface area contributed by atoms with Crippen LogP contribution in [0.5, 0.6) is 5.75 Å². The molecule has 0 fully saturated rings. The van der Waals surface area contributed by atoms with Gasteiger partial charge in [0.15, 0.2) is 0 Å². The van der Waals surface area contributed by atoms with E-state index in [1.165, 1.54) is 22.3 Å². The number of ether oxygens (including phenoxy) is 1. The maximum absolute atomic E-state index is 5.75. The molecule has 2 N–H and O–H groups in total. The molecule has 0 heterocycles. The first-order valence-electron chi connectivity index (χ1n) is 6.61. The van der Waals surface area contributed by atoms with E-state index in [2.05, 4.69) is 32.9 Å². The Morgan fingerprint density at radius 2 is 1.68 bits per heavy atom. The SMILES string of the molecule is Cc1cc(C)c(CCOc2cccc(N)c2)c(C)c1. The van der Waals surface area contributed by atoms with Crippen LogP contribution in [0.4, 0.5) is 5.69 Å². The van der Waals surface area contributed by atoms with Crippen LogP contribution >= 0.6 is 0 Å². The average molecular weight is 255 g/mol. The molecule has 19 heavy (non-hydrogen) atoms. The molecule has 0 saturated heterocycles. The Kier molecular flexibility index (Phi) is 4.10. The fraction of sp³-hybridized carbons (Fsp3) is 0.294. The molecule has 2 heteroatoms. The first kappa shape index (κ1) is 13.5. The number of hydrogen-bond donors (Lipinski definition) is 1. The molecule has 0 bridgehead atoms. The Morgan fingerprint density at radius 1 is 1.00 bits per heavy atom. The number of hydrogen-bond acceptors (Lipinski definition) is 2. The Balaban J connectivity index is 2.00. The second-order valence-corrected chi connectivity index (χ2v) is 5.05. The first-order valence-corrected chi connectivity index (χ1v) is 6.61. The van der Waals surface area contributed by atoms with E-state index in [1.807, 2.05) is 24.3 Å². The standard InChI is InChI=1S/C17H21NO/c1-12-9-13(2)17(14(3)10-12)7-8-19-16-6-4-5-15(18)11-16/h4-6,9-11H,7-8,18H2,1-3H3. The van der Waals surface area contributed by atoms with Crippen LogP contribution in [0.3, 0.4) is 0 Å². The average Bonchev–Trinajstić information content (AvgIpc) is 2.32. The monoisotopic (exact) mass is 255 g/mol. The lowest BCUT2D eigenvalue weighted by atomic mass is 9.98. The molecule has 2 rings (SSSR count). The highest BCUT2D eigenvalue weighted by Gasteiger charge is 2.04. The second kappa shape index (κ2) is 5.79. The molecule has 0 saturated carbocycles. The Morgan fingerprint density at radius 3 is 2.32 bits per heavy atom. The molecule has 100 valence electrons. The maximum Gasteiger partial charge on any atom is 0.121 e. The molecule has 0 radical (unpaired) electrons. The summed E-state index contributed by atoms with van der Waals surface area (Å²) in [7, 11) is 0. The third-order valence-corrected chi connectivity index (χ3v) is 3.32. The lowest BCUT2D eigenvalue weighted by Gasteiger charge is -2.12. The van der Waals surface area contributed by atoms with Gasteiger partial charge in [-0.3, -0.25) is 0 Å². The zero-order valence-electron chi connectivity index (χ0n) is 11.9. The summed E-state index contributed by atoms with van der Waals surface area (Å²) in [5.74, 6) is 0.836. The molecular formula is C17H21NO. The fourth-order valence-electron chi connectivity index (χ4n) is 2.48. The third-order valence-electron chi connectivity index (χ3n) is 3.32. The zero-order valence-corrected chi connectivity index (χ0v) is 11.9. The molecule has 0 aromatic heterocycles. The highest BCUT2D eigenvalue weighted by atomic mass is 16.5. The van der Waals surface area contributed by atoms with Crippen LogP contribution in [-0.4, -0.2) is 6.61 Å². The fourth-order valence-corrected chi connectivity index (χ4v) is 2.48. The van der Waals surface area contributed by atoms with Crippen molar-refractivity contribution in [1.29, 1.82) is 0 Å². The molecule has 0 spiro atoms. The van der Waals surface area contributed by atoms with Crippen LogP contribution < -0.4 is 10.5 Å². The topological polar surface area (TPSA) is 35.2 Å². The molecule has 0 atom stereocenters. The molecule has 0 aliphatic heterocycles. The summed E-state index contributed by atoms with van der Waals surface area (Å²) in [4.78, 5) is 0. The first-order chi connectivity index (χ1) is 9.06. The lowest BCUT2D eigenvalue weighted by molar-refractivity contribution is 0.321. The number of nitrogens with two attached hydrogens (primary N) is 1. The summed E-state index contributed by atoms with van der Waals surface area (Å²) in [6, 6.07) is 12.0. The molecule has 0 aliphatic carbocycles. The van der Waals surface area contributed by atoms with Crippen molar-refractivity contribution < 1.29 is 4.74 Å². The largest absolute Gasteiger partial charge is 0.493 e. The molecular weight excluding hydrogens is 234 g/mol. The smallest absolute Gasteiger partial charge is 0.121 e. The lowest BCUT2D eigenvalue weighted by Crippen LogP contribution is -2.05. The van der Waals surface area contributed by atoms with Crippen LogP contribution in [0, 0.1) is 20.8 Å². The van der Waals surface area contributed by atoms with Crippen molar-refractivity contribution in [1.82, 2.24) is 0 Å². The summed E-state index contributed by atoms with van der Waals surface area (Å²) in [6.45, 7) is 7.13. The van der Waals surface area contributed by atoms with Gasteiger partial charge in [-0.15, -0.1) is 0 Å². The summed E-state index contributed by atoms with van der Waals surface area (Å²) < 4.78 is 5.75. The van der Waals surface area contributed by atoms with Crippen molar-refractivity contribution in [3.8, 4) is 5.75 Å². The summed E-state index contributed by atoms with van der Waals surface area (Å²) in [5, 5.41) is 0. The predicted molar refractivity (Wildman–Crippen MR) is 80.7 cm³/mol. The molecule has 2 aromatic carbocycles. The van der Waals surface area contributed by atoms with E-state index in [9.17, 15) is 0 Å². The van der Waals surface area contributed by atoms with Gasteiger partial charge in [-0.2, -0.15) is 0 Å². The van der Waals surface area contributed by atoms with Gasteiger partial charge in [-0.25, -0.2) is 0 Å². The summed E-state index contributed by atoms with van der Waals surface area (Å²) in [5.41, 5.74) is 11.8. The van der Waals surface area contributed by atoms with Gasteiger partial charge in [0.2, 0.25) is 0 Å². The van der Waals surface area contributed by atoms with Crippen LogP contribution in [0.15, 0.2) is 36.4 Å². The minimum atomic E-state index is 0.675. The van der Waals surface area contributed by atoms with Gasteiger partial charge in [0, 0.05) is 18.2 Å². The molecule has 0 amide bonds. The Labute approximate surface area is 115 Å². The molecule has 0 aliphatic rings. The maximum atomic E-state index is 5.75.